The molecule has 0 aromatic rings. The summed E-state index contributed by atoms with van der Waals surface area (Å²) in [6.45, 7) is 3.24. The number of Topliss-reactive ketones (excluding diaryl/α,β-unsaturated/α-hetero) is 1. The first kappa shape index (κ1) is 14.4. The fourth-order valence-electron chi connectivity index (χ4n) is 1.73. The van der Waals surface area contributed by atoms with Crippen molar-refractivity contribution in [3.63, 3.8) is 0 Å². The summed E-state index contributed by atoms with van der Waals surface area (Å²) in [4.78, 5) is 11.4. The third kappa shape index (κ3) is 2.16. The van der Waals surface area contributed by atoms with Crippen LogP contribution in [0, 0.1) is 11.3 Å². The van der Waals surface area contributed by atoms with E-state index < -0.39 is 39.4 Å². The molecule has 0 radical (unpaired) electrons. The van der Waals surface area contributed by atoms with E-state index in [1.54, 1.807) is 13.8 Å². The molecule has 7 heteroatoms. The van der Waals surface area contributed by atoms with Crippen LogP contribution >= 0.6 is 34.8 Å². The minimum absolute atomic E-state index is 0.429. The van der Waals surface area contributed by atoms with Gasteiger partial charge in [-0.2, -0.15) is 13.2 Å². The zero-order chi connectivity index (χ0) is 12.9. The zero-order valence-electron chi connectivity index (χ0n) is 8.54. The minimum Gasteiger partial charge on any atom is -0.298 e. The van der Waals surface area contributed by atoms with Crippen LogP contribution in [0.2, 0.25) is 0 Å². The van der Waals surface area contributed by atoms with Gasteiger partial charge in [-0.3, -0.25) is 4.79 Å². The molecule has 2 unspecified atom stereocenters. The lowest BCUT2D eigenvalue weighted by Crippen LogP contribution is -2.58. The van der Waals surface area contributed by atoms with Gasteiger partial charge in [0.2, 0.25) is 4.33 Å². The van der Waals surface area contributed by atoms with Crippen LogP contribution < -0.4 is 0 Å². The number of rotatable bonds is 2. The molecule has 0 aromatic carbocycles. The fourth-order valence-corrected chi connectivity index (χ4v) is 2.34. The summed E-state index contributed by atoms with van der Waals surface area (Å²) in [6.07, 6.45) is -5.42. The van der Waals surface area contributed by atoms with Crippen molar-refractivity contribution in [2.45, 2.75) is 36.2 Å². The highest BCUT2D eigenvalue weighted by atomic mass is 35.5. The average Bonchev–Trinajstić information content (AvgIpc) is 2.10. The van der Waals surface area contributed by atoms with Gasteiger partial charge in [0.15, 0.2) is 5.78 Å². The number of hydrogen-bond donors (Lipinski definition) is 0. The van der Waals surface area contributed by atoms with Gasteiger partial charge in [-0.15, -0.1) is 11.6 Å². The molecule has 0 aromatic heterocycles. The molecule has 1 rings (SSSR count). The number of ketones is 1. The standard InChI is InChI=1S/C9H10Cl3F3O/c1-7(2)4(5(16)6(7)10)3-8(11,12)9(13,14)15/h4,6H,3H2,1-2H3. The molecule has 16 heavy (non-hydrogen) atoms. The van der Waals surface area contributed by atoms with Gasteiger partial charge in [0.25, 0.3) is 0 Å². The summed E-state index contributed by atoms with van der Waals surface area (Å²) in [6, 6.07) is 0. The van der Waals surface area contributed by atoms with Crippen LogP contribution in [0.25, 0.3) is 0 Å². The van der Waals surface area contributed by atoms with E-state index >= 15 is 0 Å². The highest BCUT2D eigenvalue weighted by molar-refractivity contribution is 6.49. The van der Waals surface area contributed by atoms with E-state index in [-0.39, 0.29) is 0 Å². The average molecular weight is 298 g/mol. The Bertz CT molecular complexity index is 312. The summed E-state index contributed by atoms with van der Waals surface area (Å²) in [5, 5.41) is -0.769. The highest BCUT2D eigenvalue weighted by Crippen LogP contribution is 2.54. The SMILES string of the molecule is CC1(C)C(Cl)C(=O)C1CC(Cl)(Cl)C(F)(F)F. The minimum atomic E-state index is -4.76. The van der Waals surface area contributed by atoms with Gasteiger partial charge in [-0.1, -0.05) is 37.0 Å². The molecule has 0 amide bonds. The van der Waals surface area contributed by atoms with Crippen molar-refractivity contribution < 1.29 is 18.0 Å². The first-order valence-electron chi connectivity index (χ1n) is 4.53. The predicted molar refractivity (Wildman–Crippen MR) is 57.0 cm³/mol. The van der Waals surface area contributed by atoms with Crippen molar-refractivity contribution in [1.29, 1.82) is 0 Å². The zero-order valence-corrected chi connectivity index (χ0v) is 10.8. The molecule has 94 valence electrons. The summed E-state index contributed by atoms with van der Waals surface area (Å²) in [7, 11) is 0. The third-order valence-electron chi connectivity index (χ3n) is 3.02. The van der Waals surface area contributed by atoms with E-state index in [0.29, 0.717) is 0 Å². The van der Waals surface area contributed by atoms with E-state index in [2.05, 4.69) is 0 Å². The quantitative estimate of drug-likeness (QED) is 0.705. The van der Waals surface area contributed by atoms with Crippen molar-refractivity contribution in [1.82, 2.24) is 0 Å². The number of halogens is 6. The van der Waals surface area contributed by atoms with Crippen molar-refractivity contribution in [3.8, 4) is 0 Å². The molecule has 0 heterocycles. The van der Waals surface area contributed by atoms with E-state index in [9.17, 15) is 18.0 Å². The van der Waals surface area contributed by atoms with Gasteiger partial charge in [0.05, 0.1) is 5.38 Å². The first-order chi connectivity index (χ1) is 6.91. The maximum atomic E-state index is 12.4. The van der Waals surface area contributed by atoms with Crippen molar-refractivity contribution in [2.75, 3.05) is 0 Å². The summed E-state index contributed by atoms with van der Waals surface area (Å²) in [5.74, 6) is -1.28. The van der Waals surface area contributed by atoms with Crippen LogP contribution in [0.1, 0.15) is 20.3 Å². The Morgan fingerprint density at radius 2 is 1.75 bits per heavy atom. The van der Waals surface area contributed by atoms with Gasteiger partial charge in [0.1, 0.15) is 0 Å². The Kier molecular flexibility index (Phi) is 3.53. The molecular formula is C9H10Cl3F3O. The lowest BCUT2D eigenvalue weighted by Gasteiger charge is -2.48. The van der Waals surface area contributed by atoms with Crippen molar-refractivity contribution >= 4 is 40.6 Å². The second-order valence-electron chi connectivity index (χ2n) is 4.55. The second-order valence-corrected chi connectivity index (χ2v) is 6.47. The third-order valence-corrected chi connectivity index (χ3v) is 4.53. The van der Waals surface area contributed by atoms with Gasteiger partial charge >= 0.3 is 6.18 Å². The van der Waals surface area contributed by atoms with Gasteiger partial charge < -0.3 is 0 Å². The first-order valence-corrected chi connectivity index (χ1v) is 5.73. The van der Waals surface area contributed by atoms with E-state index in [0.717, 1.165) is 0 Å². The number of hydrogen-bond acceptors (Lipinski definition) is 1. The van der Waals surface area contributed by atoms with Crippen molar-refractivity contribution in [2.24, 2.45) is 11.3 Å². The maximum Gasteiger partial charge on any atom is 0.421 e. The lowest BCUT2D eigenvalue weighted by atomic mass is 9.59. The smallest absolute Gasteiger partial charge is 0.298 e. The molecule has 0 aliphatic heterocycles. The Balaban J connectivity index is 2.81. The topological polar surface area (TPSA) is 17.1 Å². The molecule has 0 N–H and O–H groups in total. The monoisotopic (exact) mass is 296 g/mol. The van der Waals surface area contributed by atoms with Gasteiger partial charge in [-0.05, 0) is 11.8 Å². The van der Waals surface area contributed by atoms with Crippen molar-refractivity contribution in [3.05, 3.63) is 0 Å². The highest BCUT2D eigenvalue weighted by Gasteiger charge is 2.62. The van der Waals surface area contributed by atoms with Crippen LogP contribution in [-0.4, -0.2) is 21.7 Å². The lowest BCUT2D eigenvalue weighted by molar-refractivity contribution is -0.157. The van der Waals surface area contributed by atoms with Gasteiger partial charge in [0, 0.05) is 5.92 Å². The molecular weight excluding hydrogens is 287 g/mol. The molecule has 0 bridgehead atoms. The Morgan fingerprint density at radius 3 is 2.06 bits per heavy atom. The van der Waals surface area contributed by atoms with Crippen LogP contribution in [-0.2, 0) is 4.79 Å². The van der Waals surface area contributed by atoms with Crippen LogP contribution in [0.15, 0.2) is 0 Å². The Labute approximate surface area is 106 Å². The molecule has 1 aliphatic rings. The summed E-state index contributed by atoms with van der Waals surface area (Å²) >= 11 is 16.1. The normalized spacial score (nSPS) is 30.1. The predicted octanol–water partition coefficient (Wildman–Crippen LogP) is 3.95. The molecule has 0 saturated heterocycles. The maximum absolute atomic E-state index is 12.4. The van der Waals surface area contributed by atoms with E-state index in [1.165, 1.54) is 0 Å². The fraction of sp³-hybridized carbons (Fsp3) is 0.889. The summed E-state index contributed by atoms with van der Waals surface area (Å²) in [5.41, 5.74) is -0.709. The van der Waals surface area contributed by atoms with E-state index in [4.69, 9.17) is 34.8 Å². The molecule has 1 saturated carbocycles. The molecule has 1 aliphatic carbocycles. The van der Waals surface area contributed by atoms with Crippen LogP contribution in [0.3, 0.4) is 0 Å². The van der Waals surface area contributed by atoms with Gasteiger partial charge in [-0.25, -0.2) is 0 Å². The number of carbonyl (C=O) groups excluding carboxylic acids is 1. The largest absolute Gasteiger partial charge is 0.421 e. The Hall–Kier alpha value is 0.330. The Morgan fingerprint density at radius 1 is 1.31 bits per heavy atom. The number of carbonyl (C=O) groups is 1. The molecule has 2 atom stereocenters. The molecule has 1 nitrogen and oxygen atoms in total. The van der Waals surface area contributed by atoms with Crippen LogP contribution in [0.4, 0.5) is 13.2 Å². The second kappa shape index (κ2) is 3.92. The molecule has 0 spiro atoms. The van der Waals surface area contributed by atoms with Crippen LogP contribution in [0.5, 0.6) is 0 Å². The molecule has 1 fully saturated rings. The summed E-state index contributed by atoms with van der Waals surface area (Å²) < 4.78 is 34.4. The number of alkyl halides is 6. The van der Waals surface area contributed by atoms with E-state index in [1.807, 2.05) is 0 Å².